The molecule has 1 aliphatic carbocycles. The van der Waals surface area contributed by atoms with Gasteiger partial charge in [0.1, 0.15) is 11.6 Å². The van der Waals surface area contributed by atoms with E-state index in [9.17, 15) is 22.4 Å². The van der Waals surface area contributed by atoms with Crippen LogP contribution in [-0.4, -0.2) is 22.0 Å². The summed E-state index contributed by atoms with van der Waals surface area (Å²) in [7, 11) is 0. The molecular formula is C25H24F4N4O. The van der Waals surface area contributed by atoms with E-state index in [1.54, 1.807) is 36.4 Å². The highest BCUT2D eigenvalue weighted by Crippen LogP contribution is 2.38. The molecule has 5 nitrogen and oxygen atoms in total. The summed E-state index contributed by atoms with van der Waals surface area (Å²) in [5, 5.41) is 5.69. The van der Waals surface area contributed by atoms with Gasteiger partial charge in [-0.1, -0.05) is 43.2 Å². The van der Waals surface area contributed by atoms with Crippen LogP contribution < -0.4 is 10.6 Å². The number of carbonyl (C=O) groups is 1. The number of rotatable bonds is 6. The zero-order valence-corrected chi connectivity index (χ0v) is 18.2. The first-order valence-corrected chi connectivity index (χ1v) is 11.1. The van der Waals surface area contributed by atoms with E-state index in [-0.39, 0.29) is 17.4 Å². The number of hydrogen-bond donors (Lipinski definition) is 2. The van der Waals surface area contributed by atoms with Crippen LogP contribution in [-0.2, 0) is 6.18 Å². The normalized spacial score (nSPS) is 16.1. The topological polar surface area (TPSA) is 66.9 Å². The van der Waals surface area contributed by atoms with Crippen LogP contribution in [0.15, 0.2) is 67.0 Å². The number of halogens is 4. The van der Waals surface area contributed by atoms with Crippen LogP contribution in [0, 0.1) is 5.82 Å². The molecule has 3 aromatic rings. The summed E-state index contributed by atoms with van der Waals surface area (Å²) in [6.45, 7) is 0. The van der Waals surface area contributed by atoms with Crippen molar-refractivity contribution in [3.8, 4) is 0 Å². The molecule has 1 saturated carbocycles. The lowest BCUT2D eigenvalue weighted by Gasteiger charge is -2.29. The monoisotopic (exact) mass is 472 g/mol. The number of benzene rings is 2. The average molecular weight is 472 g/mol. The molecule has 0 aliphatic heterocycles. The van der Waals surface area contributed by atoms with E-state index in [0.29, 0.717) is 11.6 Å². The lowest BCUT2D eigenvalue weighted by atomic mass is 9.85. The smallest absolute Gasteiger partial charge is 0.335 e. The Hall–Kier alpha value is -3.49. The van der Waals surface area contributed by atoms with Gasteiger partial charge in [0.15, 0.2) is 0 Å². The lowest BCUT2D eigenvalue weighted by Crippen LogP contribution is -2.44. The number of amides is 2. The van der Waals surface area contributed by atoms with Crippen LogP contribution in [0.3, 0.4) is 0 Å². The van der Waals surface area contributed by atoms with Gasteiger partial charge in [0, 0.05) is 18.4 Å². The van der Waals surface area contributed by atoms with Gasteiger partial charge in [0.2, 0.25) is 0 Å². The highest BCUT2D eigenvalue weighted by molar-refractivity contribution is 5.75. The number of nitrogens with one attached hydrogen (secondary N) is 2. The molecule has 4 rings (SSSR count). The molecule has 9 heteroatoms. The van der Waals surface area contributed by atoms with Crippen LogP contribution in [0.1, 0.15) is 60.2 Å². The quantitative estimate of drug-likeness (QED) is 0.449. The van der Waals surface area contributed by atoms with E-state index < -0.39 is 35.5 Å². The van der Waals surface area contributed by atoms with Crippen LogP contribution in [0.25, 0.3) is 0 Å². The largest absolute Gasteiger partial charge is 0.416 e. The first kappa shape index (κ1) is 23.7. The molecule has 2 atom stereocenters. The van der Waals surface area contributed by atoms with E-state index in [2.05, 4.69) is 20.6 Å². The fourth-order valence-electron chi connectivity index (χ4n) is 4.38. The van der Waals surface area contributed by atoms with Crippen molar-refractivity contribution in [3.63, 3.8) is 0 Å². The molecule has 2 amide bonds. The fraction of sp³-hybridized carbons (Fsp3) is 0.320. The van der Waals surface area contributed by atoms with Crippen molar-refractivity contribution >= 4 is 6.03 Å². The molecule has 0 bridgehead atoms. The van der Waals surface area contributed by atoms with E-state index in [1.165, 1.54) is 12.4 Å². The number of nitrogens with zero attached hydrogens (tertiary/aromatic N) is 2. The molecule has 1 aromatic heterocycles. The second-order valence-corrected chi connectivity index (χ2v) is 8.34. The molecule has 1 heterocycles. The number of carbonyl (C=O) groups excluding carboxylic acids is 1. The zero-order chi connectivity index (χ0) is 24.1. The van der Waals surface area contributed by atoms with Crippen molar-refractivity contribution in [1.29, 1.82) is 0 Å². The Kier molecular flexibility index (Phi) is 7.09. The molecule has 1 unspecified atom stereocenters. The van der Waals surface area contributed by atoms with Crippen LogP contribution in [0.4, 0.5) is 22.4 Å². The van der Waals surface area contributed by atoms with Crippen LogP contribution in [0.5, 0.6) is 0 Å². The molecule has 0 spiro atoms. The Morgan fingerprint density at radius 3 is 2.26 bits per heavy atom. The van der Waals surface area contributed by atoms with Crippen molar-refractivity contribution in [3.05, 3.63) is 95.3 Å². The third-order valence-electron chi connectivity index (χ3n) is 5.94. The van der Waals surface area contributed by atoms with Gasteiger partial charge in [-0.2, -0.15) is 13.2 Å². The molecule has 34 heavy (non-hydrogen) atoms. The standard InChI is InChI=1S/C25H24F4N4O/c26-19-14-17(13-18(15-19)25(27,28)29)22(33-24(34)32-20-9-4-5-10-20)21(16-7-2-1-3-8-16)23-30-11-6-12-31-23/h1-3,6-8,11-15,20-22H,4-5,9-10H2,(H2,32,33,34)/t21?,22-/m1/s1. The number of alkyl halides is 3. The first-order valence-electron chi connectivity index (χ1n) is 11.1. The summed E-state index contributed by atoms with van der Waals surface area (Å²) in [6.07, 6.45) is 1.94. The van der Waals surface area contributed by atoms with Gasteiger partial charge in [-0.25, -0.2) is 19.2 Å². The van der Waals surface area contributed by atoms with Crippen molar-refractivity contribution in [2.75, 3.05) is 0 Å². The second kappa shape index (κ2) is 10.2. The molecule has 178 valence electrons. The summed E-state index contributed by atoms with van der Waals surface area (Å²) in [5.74, 6) is -1.52. The maximum atomic E-state index is 14.4. The highest BCUT2D eigenvalue weighted by Gasteiger charge is 2.35. The summed E-state index contributed by atoms with van der Waals surface area (Å²) in [6, 6.07) is 11.2. The zero-order valence-electron chi connectivity index (χ0n) is 18.2. The molecule has 1 fully saturated rings. The summed E-state index contributed by atoms with van der Waals surface area (Å²) in [5.41, 5.74) is -0.501. The van der Waals surface area contributed by atoms with E-state index in [4.69, 9.17) is 0 Å². The van der Waals surface area contributed by atoms with Gasteiger partial charge in [-0.15, -0.1) is 0 Å². The van der Waals surface area contributed by atoms with Gasteiger partial charge in [-0.05, 0) is 48.2 Å². The van der Waals surface area contributed by atoms with Crippen LogP contribution >= 0.6 is 0 Å². The summed E-state index contributed by atoms with van der Waals surface area (Å²) in [4.78, 5) is 21.6. The lowest BCUT2D eigenvalue weighted by molar-refractivity contribution is -0.137. The van der Waals surface area contributed by atoms with Crippen molar-refractivity contribution in [1.82, 2.24) is 20.6 Å². The Bertz CT molecular complexity index is 1060. The number of aromatic nitrogens is 2. The average Bonchev–Trinajstić information content (AvgIpc) is 3.32. The molecule has 0 saturated heterocycles. The van der Waals surface area contributed by atoms with Crippen molar-refractivity contribution < 1.29 is 22.4 Å². The Balaban J connectivity index is 1.80. The third kappa shape index (κ3) is 5.70. The predicted octanol–water partition coefficient (Wildman–Crippen LogP) is 5.75. The summed E-state index contributed by atoms with van der Waals surface area (Å²) < 4.78 is 54.9. The Labute approximate surface area is 194 Å². The predicted molar refractivity (Wildman–Crippen MR) is 118 cm³/mol. The Morgan fingerprint density at radius 1 is 0.941 bits per heavy atom. The Morgan fingerprint density at radius 2 is 1.62 bits per heavy atom. The minimum Gasteiger partial charge on any atom is -0.335 e. The minimum absolute atomic E-state index is 0.0120. The van der Waals surface area contributed by atoms with Crippen LogP contribution in [0.2, 0.25) is 0 Å². The number of urea groups is 1. The fourth-order valence-corrected chi connectivity index (χ4v) is 4.38. The first-order chi connectivity index (χ1) is 16.3. The van der Waals surface area contributed by atoms with Gasteiger partial charge >= 0.3 is 12.2 Å². The molecule has 2 N–H and O–H groups in total. The van der Waals surface area contributed by atoms with Gasteiger partial charge in [0.05, 0.1) is 17.5 Å². The van der Waals surface area contributed by atoms with Gasteiger partial charge in [0.25, 0.3) is 0 Å². The minimum atomic E-state index is -4.75. The molecule has 2 aromatic carbocycles. The summed E-state index contributed by atoms with van der Waals surface area (Å²) >= 11 is 0. The maximum Gasteiger partial charge on any atom is 0.416 e. The van der Waals surface area contributed by atoms with E-state index in [0.717, 1.165) is 37.8 Å². The molecular weight excluding hydrogens is 448 g/mol. The van der Waals surface area contributed by atoms with Gasteiger partial charge in [-0.3, -0.25) is 0 Å². The van der Waals surface area contributed by atoms with Gasteiger partial charge < -0.3 is 10.6 Å². The SMILES string of the molecule is O=C(NC1CCCC1)N[C@H](c1cc(F)cc(C(F)(F)F)c1)C(c1ccccc1)c1ncccn1. The van der Waals surface area contributed by atoms with Crippen molar-refractivity contribution in [2.45, 2.75) is 49.9 Å². The highest BCUT2D eigenvalue weighted by atomic mass is 19.4. The van der Waals surface area contributed by atoms with E-state index in [1.807, 2.05) is 0 Å². The number of hydrogen-bond acceptors (Lipinski definition) is 3. The van der Waals surface area contributed by atoms with E-state index >= 15 is 0 Å². The molecule has 0 radical (unpaired) electrons. The second-order valence-electron chi connectivity index (χ2n) is 8.34. The maximum absolute atomic E-state index is 14.4. The van der Waals surface area contributed by atoms with Crippen molar-refractivity contribution in [2.24, 2.45) is 0 Å². The third-order valence-corrected chi connectivity index (χ3v) is 5.94. The molecule has 1 aliphatic rings.